The second-order valence-electron chi connectivity index (χ2n) is 21.7. The Morgan fingerprint density at radius 2 is 1.47 bits per heavy atom. The molecule has 3 atom stereocenters. The summed E-state index contributed by atoms with van der Waals surface area (Å²) >= 11 is 0. The molecule has 0 N–H and O–H groups in total. The van der Waals surface area contributed by atoms with E-state index in [1.54, 1.807) is 0 Å². The fourth-order valence-corrected chi connectivity index (χ4v) is 13.6. The number of hydrogen-bond donors (Lipinski definition) is 0. The van der Waals surface area contributed by atoms with E-state index in [-0.39, 0.29) is 22.3 Å². The van der Waals surface area contributed by atoms with Crippen LogP contribution in [-0.2, 0) is 16.2 Å². The van der Waals surface area contributed by atoms with Crippen LogP contribution >= 0.6 is 0 Å². The number of benzene rings is 6. The molecule has 0 spiro atoms. The summed E-state index contributed by atoms with van der Waals surface area (Å²) in [6.07, 6.45) is 36.3. The van der Waals surface area contributed by atoms with Gasteiger partial charge < -0.3 is 9.80 Å². The molecule has 2 heterocycles. The maximum atomic E-state index is 3.73. The van der Waals surface area contributed by atoms with Gasteiger partial charge in [0.05, 0.1) is 6.04 Å². The molecule has 2 aliphatic heterocycles. The number of rotatable bonds is 8. The van der Waals surface area contributed by atoms with E-state index in [9.17, 15) is 0 Å². The van der Waals surface area contributed by atoms with E-state index in [2.05, 4.69) is 213 Å². The van der Waals surface area contributed by atoms with Crippen molar-refractivity contribution in [3.05, 3.63) is 212 Å². The first-order valence-electron chi connectivity index (χ1n) is 25.7. The second kappa shape index (κ2) is 15.7. The lowest BCUT2D eigenvalue weighted by molar-refractivity contribution is 0.344. The van der Waals surface area contributed by atoms with Crippen LogP contribution in [0, 0.1) is 6.92 Å². The summed E-state index contributed by atoms with van der Waals surface area (Å²) in [6, 6.07) is 41.0. The largest absolute Gasteiger partial charge is 0.340 e. The van der Waals surface area contributed by atoms with Gasteiger partial charge in [0.1, 0.15) is 0 Å². The van der Waals surface area contributed by atoms with Crippen molar-refractivity contribution >= 4 is 51.8 Å². The molecule has 13 rings (SSSR count). The van der Waals surface area contributed by atoms with Crippen LogP contribution in [0.3, 0.4) is 0 Å². The lowest BCUT2D eigenvalue weighted by atomic mass is 9.63. The molecule has 0 saturated heterocycles. The van der Waals surface area contributed by atoms with Gasteiger partial charge in [0.25, 0.3) is 0 Å². The van der Waals surface area contributed by atoms with Gasteiger partial charge in [0.2, 0.25) is 0 Å². The smallest absolute Gasteiger partial charge is 0.0623 e. The molecule has 68 heavy (non-hydrogen) atoms. The molecular formula is C66H62N2. The molecule has 0 bridgehead atoms. The molecule has 6 aromatic rings. The normalized spacial score (nSPS) is 23.8. The summed E-state index contributed by atoms with van der Waals surface area (Å²) in [5.74, 6) is 0.671. The van der Waals surface area contributed by atoms with E-state index < -0.39 is 0 Å². The average Bonchev–Trinajstić information content (AvgIpc) is 4.18. The van der Waals surface area contributed by atoms with Gasteiger partial charge in [-0.3, -0.25) is 0 Å². The standard InChI is InChI=1S/C66H62N2/c1-5-6-35-64(3)43-67(48-19-17-23-54-56-32-31-55(56)52-21-12-13-22-53(52)58(54)41-48)61-33-27-46(39-59(61)64)66(37-15-8-16-38-66)47-28-34-62-60(40-47)65(4)36-14-7-9-24-63(65)68(62)49-29-30-51(45-25-26-45)57(42-49)50-20-11-10-18-44(50)2/h5-7,9-14,17-22,24,27-34,39-42,45,63H,8,15-16,25-26,35-38,43H2,1-4H3/b6-5-. The molecule has 336 valence electrons. The van der Waals surface area contributed by atoms with E-state index in [1.165, 1.54) is 144 Å². The van der Waals surface area contributed by atoms with Gasteiger partial charge in [-0.05, 0) is 172 Å². The summed E-state index contributed by atoms with van der Waals surface area (Å²) in [5, 5.41) is 7.78. The second-order valence-corrected chi connectivity index (χ2v) is 21.7. The number of nitrogens with zero attached hydrogens (tertiary/aromatic N) is 2. The van der Waals surface area contributed by atoms with Crippen molar-refractivity contribution in [3.63, 3.8) is 0 Å². The third kappa shape index (κ3) is 6.29. The molecule has 7 aliphatic rings. The number of anilines is 3. The highest BCUT2D eigenvalue weighted by molar-refractivity contribution is 5.91. The van der Waals surface area contributed by atoms with Crippen LogP contribution in [0.2, 0.25) is 0 Å². The quantitative estimate of drug-likeness (QED) is 0.141. The zero-order valence-corrected chi connectivity index (χ0v) is 40.3. The first-order chi connectivity index (χ1) is 33.3. The van der Waals surface area contributed by atoms with Gasteiger partial charge in [-0.25, -0.2) is 0 Å². The fourth-order valence-electron chi connectivity index (χ4n) is 13.6. The van der Waals surface area contributed by atoms with Gasteiger partial charge >= 0.3 is 0 Å². The Morgan fingerprint density at radius 3 is 2.24 bits per heavy atom. The van der Waals surface area contributed by atoms with E-state index in [4.69, 9.17) is 0 Å². The first kappa shape index (κ1) is 41.6. The zero-order chi connectivity index (χ0) is 45.8. The maximum Gasteiger partial charge on any atom is 0.0623 e. The molecule has 2 fully saturated rings. The van der Waals surface area contributed by atoms with Crippen LogP contribution < -0.4 is 30.7 Å². The van der Waals surface area contributed by atoms with Crippen LogP contribution in [0.5, 0.6) is 0 Å². The van der Waals surface area contributed by atoms with Crippen molar-refractivity contribution in [2.75, 3.05) is 16.3 Å². The zero-order valence-electron chi connectivity index (χ0n) is 40.3. The number of aryl methyl sites for hydroxylation is 1. The summed E-state index contributed by atoms with van der Waals surface area (Å²) in [4.78, 5) is 5.31. The summed E-state index contributed by atoms with van der Waals surface area (Å²) in [5.41, 5.74) is 20.4. The Kier molecular flexibility index (Phi) is 9.62. The Hall–Kier alpha value is -6.60. The Bertz CT molecular complexity index is 3540. The summed E-state index contributed by atoms with van der Waals surface area (Å²) in [7, 11) is 0. The number of fused-ring (bicyclic) bond motifs is 10. The highest BCUT2D eigenvalue weighted by atomic mass is 15.2. The van der Waals surface area contributed by atoms with Crippen molar-refractivity contribution in [3.8, 4) is 11.1 Å². The van der Waals surface area contributed by atoms with Crippen molar-refractivity contribution in [1.29, 1.82) is 0 Å². The third-order valence-corrected chi connectivity index (χ3v) is 17.6. The van der Waals surface area contributed by atoms with Crippen LogP contribution in [0.1, 0.15) is 118 Å². The van der Waals surface area contributed by atoms with E-state index >= 15 is 0 Å². The Morgan fingerprint density at radius 1 is 0.721 bits per heavy atom. The minimum absolute atomic E-state index is 0.0550. The predicted molar refractivity (Wildman–Crippen MR) is 288 cm³/mol. The molecule has 2 nitrogen and oxygen atoms in total. The van der Waals surface area contributed by atoms with E-state index in [0.717, 1.165) is 19.4 Å². The molecule has 6 aromatic carbocycles. The van der Waals surface area contributed by atoms with Crippen molar-refractivity contribution in [2.45, 2.75) is 114 Å². The molecule has 5 aliphatic carbocycles. The monoisotopic (exact) mass is 882 g/mol. The topological polar surface area (TPSA) is 6.48 Å². The third-order valence-electron chi connectivity index (χ3n) is 17.6. The van der Waals surface area contributed by atoms with Gasteiger partial charge in [0, 0.05) is 50.8 Å². The summed E-state index contributed by atoms with van der Waals surface area (Å²) in [6.45, 7) is 10.4. The Labute approximate surface area is 402 Å². The van der Waals surface area contributed by atoms with Gasteiger partial charge in [-0.2, -0.15) is 0 Å². The maximum absolute atomic E-state index is 3.73. The number of hydrogen-bond acceptors (Lipinski definition) is 2. The van der Waals surface area contributed by atoms with Crippen LogP contribution in [0.25, 0.3) is 45.9 Å². The molecular weight excluding hydrogens is 821 g/mol. The predicted octanol–water partition coefficient (Wildman–Crippen LogP) is 13.2. The molecule has 2 heteroatoms. The van der Waals surface area contributed by atoms with Crippen LogP contribution in [0.15, 0.2) is 157 Å². The van der Waals surface area contributed by atoms with Crippen LogP contribution in [-0.4, -0.2) is 12.6 Å². The fraction of sp³-hybridized carbons (Fsp3) is 0.288. The van der Waals surface area contributed by atoms with Gasteiger partial charge in [0.15, 0.2) is 0 Å². The lowest BCUT2D eigenvalue weighted by Gasteiger charge is -2.40. The van der Waals surface area contributed by atoms with Gasteiger partial charge in [-0.1, -0.05) is 161 Å². The molecule has 2 saturated carbocycles. The van der Waals surface area contributed by atoms with Crippen LogP contribution in [0.4, 0.5) is 17.1 Å². The minimum Gasteiger partial charge on any atom is -0.340 e. The first-order valence-corrected chi connectivity index (χ1v) is 25.7. The molecule has 0 amide bonds. The molecule has 0 radical (unpaired) electrons. The van der Waals surface area contributed by atoms with E-state index in [1.807, 2.05) is 0 Å². The van der Waals surface area contributed by atoms with Crippen molar-refractivity contribution in [2.24, 2.45) is 0 Å². The van der Waals surface area contributed by atoms with Crippen molar-refractivity contribution < 1.29 is 0 Å². The molecule has 0 aromatic heterocycles. The highest BCUT2D eigenvalue weighted by Crippen LogP contribution is 2.57. The molecule has 3 unspecified atom stereocenters. The average molecular weight is 883 g/mol. The Balaban J connectivity index is 0.935. The van der Waals surface area contributed by atoms with Crippen molar-refractivity contribution in [1.82, 2.24) is 0 Å². The minimum atomic E-state index is -0.0812. The summed E-state index contributed by atoms with van der Waals surface area (Å²) < 4.78 is 0. The highest BCUT2D eigenvalue weighted by Gasteiger charge is 2.49. The SMILES string of the molecule is C/C=C\CC1(C)CN(C2=CC=C=c3c4c(c5ccccc5c3=C2)=CC=4)c2ccc(C3(c4ccc5c(c4)C4(C)CC=CC=CC4N5c4ccc(C5CC5)c(-c5ccccc5C)c4)CCCCC3)cc21. The van der Waals surface area contributed by atoms with Gasteiger partial charge in [-0.15, -0.1) is 5.73 Å². The van der Waals surface area contributed by atoms with E-state index in [0.29, 0.717) is 5.92 Å². The lowest BCUT2D eigenvalue weighted by Crippen LogP contribution is -2.51. The number of allylic oxidation sites excluding steroid dienone is 8.